The van der Waals surface area contributed by atoms with Gasteiger partial charge >= 0.3 is 11.9 Å². The molecule has 0 bridgehead atoms. The molecule has 4 nitrogen and oxygen atoms in total. The maximum absolute atomic E-state index is 10.9. The predicted octanol–water partition coefficient (Wildman–Crippen LogP) is 0.915. The van der Waals surface area contributed by atoms with Crippen LogP contribution < -0.4 is 0 Å². The molecule has 0 N–H and O–H groups in total. The Balaban J connectivity index is 3.74. The lowest BCUT2D eigenvalue weighted by molar-refractivity contribution is -0.140. The van der Waals surface area contributed by atoms with Gasteiger partial charge in [0.05, 0.1) is 13.7 Å². The first-order valence-corrected chi connectivity index (χ1v) is 3.99. The fourth-order valence-corrected chi connectivity index (χ4v) is 0.501. The maximum atomic E-state index is 10.9. The second-order valence-corrected chi connectivity index (χ2v) is 2.88. The summed E-state index contributed by atoms with van der Waals surface area (Å²) in [6.07, 6.45) is 2.08. The van der Waals surface area contributed by atoms with Gasteiger partial charge in [-0.05, 0) is 5.92 Å². The van der Waals surface area contributed by atoms with Gasteiger partial charge in [-0.1, -0.05) is 13.8 Å². The third kappa shape index (κ3) is 7.05. The predicted molar refractivity (Wildman–Crippen MR) is 47.0 cm³/mol. The Bertz CT molecular complexity index is 206. The highest BCUT2D eigenvalue weighted by molar-refractivity contribution is 5.91. The first-order valence-electron chi connectivity index (χ1n) is 3.99. The lowest BCUT2D eigenvalue weighted by Crippen LogP contribution is -2.08. The topological polar surface area (TPSA) is 52.6 Å². The molecule has 0 rings (SSSR count). The fraction of sp³-hybridized carbons (Fsp3) is 0.556. The second kappa shape index (κ2) is 6.22. The van der Waals surface area contributed by atoms with Gasteiger partial charge in [-0.2, -0.15) is 0 Å². The minimum absolute atomic E-state index is 0.287. The van der Waals surface area contributed by atoms with Gasteiger partial charge in [0.2, 0.25) is 0 Å². The van der Waals surface area contributed by atoms with Crippen molar-refractivity contribution in [3.63, 3.8) is 0 Å². The van der Waals surface area contributed by atoms with E-state index in [1.165, 1.54) is 7.11 Å². The SMILES string of the molecule is COC(=O)/C=C/C(=O)OCC(C)C. The molecule has 0 aliphatic carbocycles. The molecule has 0 aromatic heterocycles. The zero-order valence-electron chi connectivity index (χ0n) is 8.07. The molecular weight excluding hydrogens is 172 g/mol. The minimum Gasteiger partial charge on any atom is -0.466 e. The van der Waals surface area contributed by atoms with E-state index in [0.29, 0.717) is 6.61 Å². The molecule has 0 saturated heterocycles. The Morgan fingerprint density at radius 2 is 1.77 bits per heavy atom. The second-order valence-electron chi connectivity index (χ2n) is 2.88. The first-order chi connectivity index (χ1) is 6.06. The average molecular weight is 186 g/mol. The van der Waals surface area contributed by atoms with Crippen LogP contribution in [0.1, 0.15) is 13.8 Å². The Labute approximate surface area is 77.5 Å². The van der Waals surface area contributed by atoms with Crippen LogP contribution in [0.3, 0.4) is 0 Å². The van der Waals surface area contributed by atoms with E-state index in [1.54, 1.807) is 0 Å². The summed E-state index contributed by atoms with van der Waals surface area (Å²) >= 11 is 0. The van der Waals surface area contributed by atoms with E-state index in [9.17, 15) is 9.59 Å². The number of hydrogen-bond donors (Lipinski definition) is 0. The lowest BCUT2D eigenvalue weighted by atomic mass is 10.2. The minimum atomic E-state index is -0.568. The molecule has 13 heavy (non-hydrogen) atoms. The molecule has 0 aliphatic heterocycles. The quantitative estimate of drug-likeness (QED) is 0.484. The summed E-state index contributed by atoms with van der Waals surface area (Å²) in [7, 11) is 1.24. The van der Waals surface area contributed by atoms with E-state index in [2.05, 4.69) is 4.74 Å². The molecule has 0 spiro atoms. The Morgan fingerprint density at radius 3 is 2.23 bits per heavy atom. The van der Waals surface area contributed by atoms with E-state index >= 15 is 0 Å². The Kier molecular flexibility index (Phi) is 5.59. The molecule has 74 valence electrons. The summed E-state index contributed by atoms with van der Waals surface area (Å²) in [6.45, 7) is 4.21. The van der Waals surface area contributed by atoms with Gasteiger partial charge in [-0.15, -0.1) is 0 Å². The van der Waals surface area contributed by atoms with Crippen molar-refractivity contribution in [3.05, 3.63) is 12.2 Å². The molecule has 0 saturated carbocycles. The lowest BCUT2D eigenvalue weighted by Gasteiger charge is -2.03. The van der Waals surface area contributed by atoms with Crippen LogP contribution in [0.25, 0.3) is 0 Å². The molecule has 0 atom stereocenters. The number of esters is 2. The first kappa shape index (κ1) is 11.7. The summed E-state index contributed by atoms with van der Waals surface area (Å²) in [5.41, 5.74) is 0. The number of hydrogen-bond acceptors (Lipinski definition) is 4. The number of methoxy groups -OCH3 is 1. The number of ether oxygens (including phenoxy) is 2. The molecule has 0 aromatic rings. The van der Waals surface area contributed by atoms with Gasteiger partial charge in [-0.3, -0.25) is 0 Å². The van der Waals surface area contributed by atoms with E-state index in [4.69, 9.17) is 4.74 Å². The van der Waals surface area contributed by atoms with E-state index in [0.717, 1.165) is 12.2 Å². The zero-order chi connectivity index (χ0) is 10.3. The fourth-order valence-electron chi connectivity index (χ4n) is 0.501. The molecule has 0 fully saturated rings. The van der Waals surface area contributed by atoms with Gasteiger partial charge in [0.1, 0.15) is 0 Å². The van der Waals surface area contributed by atoms with Crippen molar-refractivity contribution < 1.29 is 19.1 Å². The average Bonchev–Trinajstić information content (AvgIpc) is 2.10. The molecule has 0 unspecified atom stereocenters. The molecule has 0 aliphatic rings. The van der Waals surface area contributed by atoms with Crippen LogP contribution in [0, 0.1) is 5.92 Å². The van der Waals surface area contributed by atoms with Crippen LogP contribution in [0.15, 0.2) is 12.2 Å². The zero-order valence-corrected chi connectivity index (χ0v) is 8.07. The molecule has 4 heteroatoms. The van der Waals surface area contributed by atoms with Gasteiger partial charge in [0.25, 0.3) is 0 Å². The Hall–Kier alpha value is -1.32. The van der Waals surface area contributed by atoms with Crippen LogP contribution >= 0.6 is 0 Å². The van der Waals surface area contributed by atoms with Gasteiger partial charge in [-0.25, -0.2) is 9.59 Å². The van der Waals surface area contributed by atoms with E-state index < -0.39 is 11.9 Å². The van der Waals surface area contributed by atoms with Crippen LogP contribution in [-0.4, -0.2) is 25.7 Å². The van der Waals surface area contributed by atoms with Gasteiger partial charge < -0.3 is 9.47 Å². The van der Waals surface area contributed by atoms with Crippen molar-refractivity contribution >= 4 is 11.9 Å². The highest BCUT2D eigenvalue weighted by Gasteiger charge is 2.00. The standard InChI is InChI=1S/C9H14O4/c1-7(2)6-13-9(11)5-4-8(10)12-3/h4-5,7H,6H2,1-3H3/b5-4+. The number of carbonyl (C=O) groups is 2. The smallest absolute Gasteiger partial charge is 0.331 e. The molecule has 0 aromatic carbocycles. The van der Waals surface area contributed by atoms with E-state index in [1.807, 2.05) is 13.8 Å². The van der Waals surface area contributed by atoms with Gasteiger partial charge in [0.15, 0.2) is 0 Å². The van der Waals surface area contributed by atoms with Crippen LogP contribution in [-0.2, 0) is 19.1 Å². The van der Waals surface area contributed by atoms with Crippen molar-refractivity contribution in [3.8, 4) is 0 Å². The van der Waals surface area contributed by atoms with Gasteiger partial charge in [0, 0.05) is 12.2 Å². The van der Waals surface area contributed by atoms with Crippen molar-refractivity contribution in [1.29, 1.82) is 0 Å². The van der Waals surface area contributed by atoms with Crippen LogP contribution in [0.5, 0.6) is 0 Å². The summed E-state index contributed by atoms with van der Waals surface area (Å²) < 4.78 is 9.06. The van der Waals surface area contributed by atoms with E-state index in [-0.39, 0.29) is 5.92 Å². The Morgan fingerprint density at radius 1 is 1.23 bits per heavy atom. The largest absolute Gasteiger partial charge is 0.466 e. The highest BCUT2D eigenvalue weighted by atomic mass is 16.5. The summed E-state index contributed by atoms with van der Waals surface area (Å²) in [6, 6.07) is 0. The molecular formula is C9H14O4. The summed E-state index contributed by atoms with van der Waals surface area (Å²) in [4.78, 5) is 21.4. The third-order valence-electron chi connectivity index (χ3n) is 1.12. The van der Waals surface area contributed by atoms with Crippen LogP contribution in [0.2, 0.25) is 0 Å². The maximum Gasteiger partial charge on any atom is 0.331 e. The summed E-state index contributed by atoms with van der Waals surface area (Å²) in [5, 5.41) is 0. The number of carbonyl (C=O) groups excluding carboxylic acids is 2. The van der Waals surface area contributed by atoms with Crippen molar-refractivity contribution in [2.24, 2.45) is 5.92 Å². The van der Waals surface area contributed by atoms with Crippen molar-refractivity contribution in [2.75, 3.05) is 13.7 Å². The molecule has 0 radical (unpaired) electrons. The number of rotatable bonds is 4. The normalized spacial score (nSPS) is 10.5. The highest BCUT2D eigenvalue weighted by Crippen LogP contribution is 1.93. The van der Waals surface area contributed by atoms with Crippen molar-refractivity contribution in [2.45, 2.75) is 13.8 Å². The van der Waals surface area contributed by atoms with Crippen LogP contribution in [0.4, 0.5) is 0 Å². The van der Waals surface area contributed by atoms with Crippen molar-refractivity contribution in [1.82, 2.24) is 0 Å². The third-order valence-corrected chi connectivity index (χ3v) is 1.12. The summed E-state index contributed by atoms with van der Waals surface area (Å²) in [5.74, 6) is -0.809. The molecule has 0 amide bonds. The monoisotopic (exact) mass is 186 g/mol. The molecule has 0 heterocycles.